The van der Waals surface area contributed by atoms with E-state index < -0.39 is 0 Å². The van der Waals surface area contributed by atoms with E-state index in [-0.39, 0.29) is 0 Å². The lowest BCUT2D eigenvalue weighted by Crippen LogP contribution is -2.16. The van der Waals surface area contributed by atoms with Gasteiger partial charge in [-0.25, -0.2) is 0 Å². The molecule has 0 radical (unpaired) electrons. The molecule has 3 nitrogen and oxygen atoms in total. The SMILES string of the molecule is O=CC1=C(Nc2ccccc2)Nc2ccccc2S1. The molecule has 1 aliphatic heterocycles. The lowest BCUT2D eigenvalue weighted by molar-refractivity contribution is -0.104. The quantitative estimate of drug-likeness (QED) is 0.833. The molecule has 0 amide bonds. The maximum Gasteiger partial charge on any atom is 0.160 e. The van der Waals surface area contributed by atoms with Gasteiger partial charge in [-0.05, 0) is 24.3 Å². The van der Waals surface area contributed by atoms with Crippen LogP contribution >= 0.6 is 11.8 Å². The maximum atomic E-state index is 11.2. The van der Waals surface area contributed by atoms with Gasteiger partial charge < -0.3 is 10.6 Å². The summed E-state index contributed by atoms with van der Waals surface area (Å²) >= 11 is 1.47. The largest absolute Gasteiger partial charge is 0.341 e. The summed E-state index contributed by atoms with van der Waals surface area (Å²) in [5.41, 5.74) is 1.96. The zero-order valence-electron chi connectivity index (χ0n) is 10.1. The molecule has 0 atom stereocenters. The van der Waals surface area contributed by atoms with Crippen LogP contribution in [0.4, 0.5) is 11.4 Å². The van der Waals surface area contributed by atoms with Crippen molar-refractivity contribution in [1.29, 1.82) is 0 Å². The molecule has 0 fully saturated rings. The Kier molecular flexibility index (Phi) is 3.25. The number of fused-ring (bicyclic) bond motifs is 1. The standard InChI is InChI=1S/C15H12N2OS/c18-10-14-15(16-11-6-2-1-3-7-11)17-12-8-4-5-9-13(12)19-14/h1-10,16-17H. The van der Waals surface area contributed by atoms with E-state index in [1.165, 1.54) is 11.8 Å². The van der Waals surface area contributed by atoms with E-state index in [2.05, 4.69) is 10.6 Å². The van der Waals surface area contributed by atoms with E-state index >= 15 is 0 Å². The second kappa shape index (κ2) is 5.20. The van der Waals surface area contributed by atoms with Crippen molar-refractivity contribution in [3.8, 4) is 0 Å². The summed E-state index contributed by atoms with van der Waals surface area (Å²) in [6.07, 6.45) is 0.874. The number of anilines is 2. The molecule has 94 valence electrons. The van der Waals surface area contributed by atoms with Crippen molar-refractivity contribution in [2.45, 2.75) is 4.90 Å². The Morgan fingerprint density at radius 2 is 1.74 bits per heavy atom. The van der Waals surface area contributed by atoms with Crippen LogP contribution in [0.5, 0.6) is 0 Å². The summed E-state index contributed by atoms with van der Waals surface area (Å²) in [5.74, 6) is 0.727. The molecule has 4 heteroatoms. The highest BCUT2D eigenvalue weighted by molar-refractivity contribution is 8.04. The minimum Gasteiger partial charge on any atom is -0.341 e. The molecule has 0 aromatic heterocycles. The van der Waals surface area contributed by atoms with E-state index in [0.717, 1.165) is 28.4 Å². The number of benzene rings is 2. The molecule has 19 heavy (non-hydrogen) atoms. The second-order valence-corrected chi connectivity index (χ2v) is 5.16. The van der Waals surface area contributed by atoms with Crippen LogP contribution in [0.3, 0.4) is 0 Å². The molecule has 1 aliphatic rings. The number of hydrogen-bond donors (Lipinski definition) is 2. The van der Waals surface area contributed by atoms with Gasteiger partial charge in [0, 0.05) is 10.6 Å². The first-order valence-electron chi connectivity index (χ1n) is 5.92. The summed E-state index contributed by atoms with van der Waals surface area (Å²) in [7, 11) is 0. The monoisotopic (exact) mass is 268 g/mol. The van der Waals surface area contributed by atoms with Gasteiger partial charge in [0.05, 0.1) is 10.6 Å². The number of hydrogen-bond acceptors (Lipinski definition) is 4. The van der Waals surface area contributed by atoms with Crippen molar-refractivity contribution in [2.75, 3.05) is 10.6 Å². The summed E-state index contributed by atoms with van der Waals surface area (Å²) < 4.78 is 0. The van der Waals surface area contributed by atoms with Gasteiger partial charge in [0.2, 0.25) is 0 Å². The van der Waals surface area contributed by atoms with Crippen LogP contribution in [0.15, 0.2) is 70.2 Å². The Bertz CT molecular complexity index is 638. The van der Waals surface area contributed by atoms with Crippen LogP contribution in [0.2, 0.25) is 0 Å². The van der Waals surface area contributed by atoms with E-state index in [0.29, 0.717) is 4.91 Å². The van der Waals surface area contributed by atoms with Gasteiger partial charge >= 0.3 is 0 Å². The fourth-order valence-electron chi connectivity index (χ4n) is 1.87. The fourth-order valence-corrected chi connectivity index (χ4v) is 2.73. The topological polar surface area (TPSA) is 41.1 Å². The highest BCUT2D eigenvalue weighted by Crippen LogP contribution is 2.38. The molecule has 1 heterocycles. The summed E-state index contributed by atoms with van der Waals surface area (Å²) in [6, 6.07) is 17.7. The Balaban J connectivity index is 1.91. The molecule has 0 bridgehead atoms. The third kappa shape index (κ3) is 2.48. The highest BCUT2D eigenvalue weighted by atomic mass is 32.2. The number of carbonyl (C=O) groups excluding carboxylic acids is 1. The van der Waals surface area contributed by atoms with Crippen molar-refractivity contribution < 1.29 is 4.79 Å². The second-order valence-electron chi connectivity index (χ2n) is 4.07. The number of thioether (sulfide) groups is 1. The van der Waals surface area contributed by atoms with Crippen LogP contribution < -0.4 is 10.6 Å². The highest BCUT2D eigenvalue weighted by Gasteiger charge is 2.17. The van der Waals surface area contributed by atoms with Gasteiger partial charge in [-0.15, -0.1) is 0 Å². The fraction of sp³-hybridized carbons (Fsp3) is 0. The van der Waals surface area contributed by atoms with Crippen LogP contribution in [-0.2, 0) is 4.79 Å². The molecule has 2 N–H and O–H groups in total. The normalized spacial score (nSPS) is 13.5. The number of carbonyl (C=O) groups is 1. The number of allylic oxidation sites excluding steroid dienone is 1. The molecule has 0 saturated carbocycles. The van der Waals surface area contributed by atoms with Crippen molar-refractivity contribution in [1.82, 2.24) is 0 Å². The Hall–Kier alpha value is -2.20. The lowest BCUT2D eigenvalue weighted by atomic mass is 10.3. The number of nitrogens with one attached hydrogen (secondary N) is 2. The number of para-hydroxylation sites is 2. The molecular weight excluding hydrogens is 256 g/mol. The lowest BCUT2D eigenvalue weighted by Gasteiger charge is -2.22. The van der Waals surface area contributed by atoms with Crippen molar-refractivity contribution >= 4 is 29.4 Å². The zero-order valence-corrected chi connectivity index (χ0v) is 10.9. The molecule has 0 aliphatic carbocycles. The van der Waals surface area contributed by atoms with Gasteiger partial charge in [0.1, 0.15) is 5.82 Å². The third-order valence-electron chi connectivity index (χ3n) is 2.76. The Labute approximate surface area is 115 Å². The van der Waals surface area contributed by atoms with E-state index in [4.69, 9.17) is 0 Å². The molecule has 0 unspecified atom stereocenters. The van der Waals surface area contributed by atoms with Crippen molar-refractivity contribution in [3.05, 3.63) is 65.3 Å². The van der Waals surface area contributed by atoms with Crippen molar-refractivity contribution in [3.63, 3.8) is 0 Å². The van der Waals surface area contributed by atoms with Gasteiger partial charge in [-0.2, -0.15) is 0 Å². The van der Waals surface area contributed by atoms with Gasteiger partial charge in [0.25, 0.3) is 0 Å². The van der Waals surface area contributed by atoms with Crippen LogP contribution in [0, 0.1) is 0 Å². The summed E-state index contributed by atoms with van der Waals surface area (Å²) in [6.45, 7) is 0. The van der Waals surface area contributed by atoms with Crippen molar-refractivity contribution in [2.24, 2.45) is 0 Å². The average molecular weight is 268 g/mol. The Morgan fingerprint density at radius 3 is 2.53 bits per heavy atom. The van der Waals surface area contributed by atoms with Gasteiger partial charge in [-0.1, -0.05) is 42.1 Å². The zero-order chi connectivity index (χ0) is 13.1. The maximum absolute atomic E-state index is 11.2. The molecule has 3 rings (SSSR count). The van der Waals surface area contributed by atoms with Gasteiger partial charge in [0.15, 0.2) is 6.29 Å². The first kappa shape index (κ1) is 11.9. The van der Waals surface area contributed by atoms with Crippen LogP contribution in [0.25, 0.3) is 0 Å². The van der Waals surface area contributed by atoms with Crippen LogP contribution in [0.1, 0.15) is 0 Å². The third-order valence-corrected chi connectivity index (χ3v) is 3.86. The first-order chi connectivity index (χ1) is 9.36. The molecule has 2 aromatic rings. The van der Waals surface area contributed by atoms with Crippen LogP contribution in [-0.4, -0.2) is 6.29 Å². The predicted molar refractivity (Wildman–Crippen MR) is 79.1 cm³/mol. The van der Waals surface area contributed by atoms with Gasteiger partial charge in [-0.3, -0.25) is 4.79 Å². The molecule has 0 saturated heterocycles. The van der Waals surface area contributed by atoms with E-state index in [1.54, 1.807) is 0 Å². The first-order valence-corrected chi connectivity index (χ1v) is 6.74. The van der Waals surface area contributed by atoms with E-state index in [9.17, 15) is 4.79 Å². The predicted octanol–water partition coefficient (Wildman–Crippen LogP) is 3.68. The summed E-state index contributed by atoms with van der Waals surface area (Å²) in [5, 5.41) is 6.50. The number of aldehydes is 1. The minimum absolute atomic E-state index is 0.655. The van der Waals surface area contributed by atoms with E-state index in [1.807, 2.05) is 54.6 Å². The smallest absolute Gasteiger partial charge is 0.160 e. The minimum atomic E-state index is 0.655. The summed E-state index contributed by atoms with van der Waals surface area (Å²) in [4.78, 5) is 12.9. The molecule has 2 aromatic carbocycles. The Morgan fingerprint density at radius 1 is 1.00 bits per heavy atom. The average Bonchev–Trinajstić information content (AvgIpc) is 2.47. The number of rotatable bonds is 3. The molecular formula is C15H12N2OS. The molecule has 0 spiro atoms.